The van der Waals surface area contributed by atoms with E-state index in [4.69, 9.17) is 5.73 Å². The smallest absolute Gasteiger partial charge is 0.313 e. The van der Waals surface area contributed by atoms with Crippen molar-refractivity contribution in [2.24, 2.45) is 11.1 Å². The van der Waals surface area contributed by atoms with Crippen LogP contribution in [0.25, 0.3) is 0 Å². The van der Waals surface area contributed by atoms with Gasteiger partial charge in [-0.2, -0.15) is 0 Å². The van der Waals surface area contributed by atoms with Crippen LogP contribution in [0.2, 0.25) is 0 Å². The summed E-state index contributed by atoms with van der Waals surface area (Å²) in [5.41, 5.74) is 5.05. The molecule has 0 radical (unpaired) electrons. The molecule has 4 heteroatoms. The van der Waals surface area contributed by atoms with Gasteiger partial charge >= 0.3 is 5.97 Å². The molecule has 0 saturated heterocycles. The van der Waals surface area contributed by atoms with Gasteiger partial charge in [-0.1, -0.05) is 13.8 Å². The van der Waals surface area contributed by atoms with E-state index in [0.29, 0.717) is 6.54 Å². The fourth-order valence-electron chi connectivity index (χ4n) is 1.13. The van der Waals surface area contributed by atoms with Crippen LogP contribution < -0.4 is 5.73 Å². The quantitative estimate of drug-likeness (QED) is 0.689. The van der Waals surface area contributed by atoms with Crippen LogP contribution in [0.1, 0.15) is 26.7 Å². The van der Waals surface area contributed by atoms with Crippen molar-refractivity contribution in [1.82, 2.24) is 0 Å². The minimum atomic E-state index is -0.450. The molecular weight excluding hydrogens is 178 g/mol. The molecule has 0 aliphatic carbocycles. The fraction of sp³-hybridized carbons (Fsp3) is 0.875. The molecule has 74 valence electrons. The largest absolute Gasteiger partial charge is 0.469 e. The van der Waals surface area contributed by atoms with E-state index in [1.54, 1.807) is 0 Å². The molecule has 0 aliphatic rings. The van der Waals surface area contributed by atoms with Gasteiger partial charge in [-0.05, 0) is 12.8 Å². The SMILES string of the molecule is CCC(CC)(CN)C(=O)OC.Cl. The lowest BCUT2D eigenvalue weighted by Crippen LogP contribution is -2.38. The second-order valence-corrected chi connectivity index (χ2v) is 2.68. The van der Waals surface area contributed by atoms with Gasteiger partial charge in [-0.3, -0.25) is 4.79 Å². The second-order valence-electron chi connectivity index (χ2n) is 2.68. The molecule has 12 heavy (non-hydrogen) atoms. The van der Waals surface area contributed by atoms with Crippen LogP contribution in [0.15, 0.2) is 0 Å². The molecule has 0 rings (SSSR count). The Kier molecular flexibility index (Phi) is 7.44. The Balaban J connectivity index is 0. The summed E-state index contributed by atoms with van der Waals surface area (Å²) in [7, 11) is 1.40. The number of esters is 1. The van der Waals surface area contributed by atoms with E-state index < -0.39 is 5.41 Å². The van der Waals surface area contributed by atoms with Gasteiger partial charge < -0.3 is 10.5 Å². The highest BCUT2D eigenvalue weighted by molar-refractivity contribution is 5.85. The summed E-state index contributed by atoms with van der Waals surface area (Å²) in [6, 6.07) is 0. The third-order valence-electron chi connectivity index (χ3n) is 2.36. The lowest BCUT2D eigenvalue weighted by Gasteiger charge is -2.26. The first kappa shape index (κ1) is 14.3. The van der Waals surface area contributed by atoms with E-state index in [-0.39, 0.29) is 18.4 Å². The van der Waals surface area contributed by atoms with Gasteiger partial charge in [0.15, 0.2) is 0 Å². The van der Waals surface area contributed by atoms with Crippen LogP contribution in [0.3, 0.4) is 0 Å². The van der Waals surface area contributed by atoms with Gasteiger partial charge in [-0.15, -0.1) is 12.4 Å². The Morgan fingerprint density at radius 2 is 1.83 bits per heavy atom. The summed E-state index contributed by atoms with van der Waals surface area (Å²) in [5, 5.41) is 0. The Labute approximate surface area is 80.1 Å². The number of rotatable bonds is 4. The normalized spacial score (nSPS) is 10.3. The number of methoxy groups -OCH3 is 1. The standard InChI is InChI=1S/C8H17NO2.ClH/c1-4-8(5-2,6-9)7(10)11-3;/h4-6,9H2,1-3H3;1H. The van der Waals surface area contributed by atoms with E-state index in [9.17, 15) is 4.79 Å². The van der Waals surface area contributed by atoms with Crippen molar-refractivity contribution in [2.75, 3.05) is 13.7 Å². The summed E-state index contributed by atoms with van der Waals surface area (Å²) in [6.07, 6.45) is 1.49. The summed E-state index contributed by atoms with van der Waals surface area (Å²) in [6.45, 7) is 4.27. The zero-order valence-electron chi connectivity index (χ0n) is 7.92. The topological polar surface area (TPSA) is 52.3 Å². The molecule has 2 N–H and O–H groups in total. The third-order valence-corrected chi connectivity index (χ3v) is 2.36. The zero-order valence-corrected chi connectivity index (χ0v) is 8.74. The van der Waals surface area contributed by atoms with Crippen molar-refractivity contribution in [1.29, 1.82) is 0 Å². The Morgan fingerprint density at radius 3 is 1.92 bits per heavy atom. The number of carbonyl (C=O) groups excluding carboxylic acids is 1. The van der Waals surface area contributed by atoms with Gasteiger partial charge in [0.05, 0.1) is 12.5 Å². The average Bonchev–Trinajstić information content (AvgIpc) is 2.08. The highest BCUT2D eigenvalue weighted by Crippen LogP contribution is 2.25. The maximum atomic E-state index is 11.2. The van der Waals surface area contributed by atoms with Gasteiger partial charge in [0.2, 0.25) is 0 Å². The molecule has 0 unspecified atom stereocenters. The minimum Gasteiger partial charge on any atom is -0.469 e. The molecular formula is C8H18ClNO2. The maximum Gasteiger partial charge on any atom is 0.313 e. The molecule has 0 saturated carbocycles. The predicted octanol–water partition coefficient (Wildman–Crippen LogP) is 1.35. The van der Waals surface area contributed by atoms with E-state index >= 15 is 0 Å². The van der Waals surface area contributed by atoms with Crippen LogP contribution in [0, 0.1) is 5.41 Å². The first-order valence-corrected chi connectivity index (χ1v) is 3.95. The maximum absolute atomic E-state index is 11.2. The first-order valence-electron chi connectivity index (χ1n) is 3.95. The lowest BCUT2D eigenvalue weighted by molar-refractivity contribution is -0.152. The van der Waals surface area contributed by atoms with Crippen LogP contribution in [0.4, 0.5) is 0 Å². The highest BCUT2D eigenvalue weighted by atomic mass is 35.5. The van der Waals surface area contributed by atoms with E-state index in [1.807, 2.05) is 13.8 Å². The molecule has 0 aromatic carbocycles. The molecule has 0 atom stereocenters. The monoisotopic (exact) mass is 195 g/mol. The lowest BCUT2D eigenvalue weighted by atomic mass is 9.83. The number of ether oxygens (including phenoxy) is 1. The van der Waals surface area contributed by atoms with Crippen molar-refractivity contribution >= 4 is 18.4 Å². The number of hydrogen-bond acceptors (Lipinski definition) is 3. The third kappa shape index (κ3) is 2.64. The van der Waals surface area contributed by atoms with Crippen LogP contribution in [-0.4, -0.2) is 19.6 Å². The number of halogens is 1. The molecule has 0 spiro atoms. The van der Waals surface area contributed by atoms with E-state index in [0.717, 1.165) is 12.8 Å². The minimum absolute atomic E-state index is 0. The molecule has 3 nitrogen and oxygen atoms in total. The number of carbonyl (C=O) groups is 1. The fourth-order valence-corrected chi connectivity index (χ4v) is 1.13. The molecule has 0 aromatic heterocycles. The first-order chi connectivity index (χ1) is 5.16. The van der Waals surface area contributed by atoms with Crippen molar-refractivity contribution in [3.63, 3.8) is 0 Å². The Morgan fingerprint density at radius 1 is 1.42 bits per heavy atom. The molecule has 0 aromatic rings. The van der Waals surface area contributed by atoms with Crippen molar-refractivity contribution in [2.45, 2.75) is 26.7 Å². The van der Waals surface area contributed by atoms with Crippen molar-refractivity contribution in [3.8, 4) is 0 Å². The van der Waals surface area contributed by atoms with Gasteiger partial charge in [0.25, 0.3) is 0 Å². The zero-order chi connectivity index (χ0) is 8.91. The average molecular weight is 196 g/mol. The molecule has 0 amide bonds. The summed E-state index contributed by atoms with van der Waals surface area (Å²) < 4.78 is 4.67. The van der Waals surface area contributed by atoms with E-state index in [2.05, 4.69) is 4.74 Å². The highest BCUT2D eigenvalue weighted by Gasteiger charge is 2.34. The second kappa shape index (κ2) is 6.26. The van der Waals surface area contributed by atoms with Gasteiger partial charge in [-0.25, -0.2) is 0 Å². The summed E-state index contributed by atoms with van der Waals surface area (Å²) in [5.74, 6) is -0.190. The summed E-state index contributed by atoms with van der Waals surface area (Å²) in [4.78, 5) is 11.2. The van der Waals surface area contributed by atoms with Crippen molar-refractivity contribution < 1.29 is 9.53 Å². The predicted molar refractivity (Wildman–Crippen MR) is 51.3 cm³/mol. The van der Waals surface area contributed by atoms with Crippen LogP contribution in [0.5, 0.6) is 0 Å². The molecule has 0 fully saturated rings. The number of hydrogen-bond donors (Lipinski definition) is 1. The Hall–Kier alpha value is -0.280. The van der Waals surface area contributed by atoms with Gasteiger partial charge in [0, 0.05) is 6.54 Å². The molecule has 0 bridgehead atoms. The molecule has 0 heterocycles. The number of nitrogens with two attached hydrogens (primary N) is 1. The summed E-state index contributed by atoms with van der Waals surface area (Å²) >= 11 is 0. The van der Waals surface area contributed by atoms with Crippen LogP contribution in [-0.2, 0) is 9.53 Å². The van der Waals surface area contributed by atoms with Gasteiger partial charge in [0.1, 0.15) is 0 Å². The van der Waals surface area contributed by atoms with E-state index in [1.165, 1.54) is 7.11 Å². The Bertz CT molecular complexity index is 127. The molecule has 0 aliphatic heterocycles. The van der Waals surface area contributed by atoms with Crippen molar-refractivity contribution in [3.05, 3.63) is 0 Å². The van der Waals surface area contributed by atoms with Crippen LogP contribution >= 0.6 is 12.4 Å².